The number of pyridine rings is 1. The highest BCUT2D eigenvalue weighted by Gasteiger charge is 2.27. The van der Waals surface area contributed by atoms with E-state index in [0.29, 0.717) is 16.9 Å². The van der Waals surface area contributed by atoms with Gasteiger partial charge in [-0.25, -0.2) is 14.6 Å². The largest absolute Gasteiger partial charge is 0.423 e. The summed E-state index contributed by atoms with van der Waals surface area (Å²) in [7, 11) is 0. The summed E-state index contributed by atoms with van der Waals surface area (Å²) in [6.45, 7) is 1.84. The minimum Gasteiger partial charge on any atom is -0.423 e. The molecule has 0 aliphatic carbocycles. The molecule has 0 saturated carbocycles. The van der Waals surface area contributed by atoms with E-state index in [2.05, 4.69) is 9.88 Å². The Kier molecular flexibility index (Phi) is 3.93. The number of ether oxygens (including phenoxy) is 1. The van der Waals surface area contributed by atoms with Crippen molar-refractivity contribution in [3.05, 3.63) is 64.6 Å². The summed E-state index contributed by atoms with van der Waals surface area (Å²) in [6.07, 6.45) is 4.02. The minimum absolute atomic E-state index is 0.336. The summed E-state index contributed by atoms with van der Waals surface area (Å²) in [5, 5.41) is 0.769. The van der Waals surface area contributed by atoms with Gasteiger partial charge in [-0.2, -0.15) is 0 Å². The first-order valence-corrected chi connectivity index (χ1v) is 8.22. The lowest BCUT2D eigenvalue weighted by Gasteiger charge is -2.12. The lowest BCUT2D eigenvalue weighted by molar-refractivity contribution is -0.364. The standard InChI is InChI=1S/C19H16N2O4/c22-17-8-6-13-5-7-14(12-16(13)25-17)24-19(23)15-4-3-9-20-18(15)21-10-1-2-11-21/h3-9,12H,1-2,10-11H2/p+1. The van der Waals surface area contributed by atoms with Crippen LogP contribution in [-0.4, -0.2) is 19.1 Å². The molecule has 0 spiro atoms. The molecule has 0 radical (unpaired) electrons. The number of anilines is 1. The SMILES string of the molecule is O=C(Oc1ccc2ccc(=O)oc2c1)c1ccc[nH+]c1N1CCCC1. The number of carbonyl (C=O) groups excluding carboxylic acids is 1. The maximum atomic E-state index is 12.6. The van der Waals surface area contributed by atoms with Crippen LogP contribution in [0.5, 0.6) is 5.75 Å². The van der Waals surface area contributed by atoms with E-state index in [0.717, 1.165) is 37.1 Å². The summed E-state index contributed by atoms with van der Waals surface area (Å²) < 4.78 is 10.6. The summed E-state index contributed by atoms with van der Waals surface area (Å²) >= 11 is 0. The second-order valence-electron chi connectivity index (χ2n) is 5.97. The molecule has 3 heterocycles. The lowest BCUT2D eigenvalue weighted by Crippen LogP contribution is -2.29. The summed E-state index contributed by atoms with van der Waals surface area (Å²) in [4.78, 5) is 29.3. The van der Waals surface area contributed by atoms with Gasteiger partial charge < -0.3 is 9.15 Å². The Bertz CT molecular complexity index is 990. The van der Waals surface area contributed by atoms with Crippen molar-refractivity contribution in [3.8, 4) is 5.75 Å². The van der Waals surface area contributed by atoms with E-state index in [-0.39, 0.29) is 0 Å². The third kappa shape index (κ3) is 3.10. The molecule has 2 aromatic heterocycles. The highest BCUT2D eigenvalue weighted by atomic mass is 16.5. The zero-order valence-electron chi connectivity index (χ0n) is 13.5. The van der Waals surface area contributed by atoms with Crippen LogP contribution in [0.15, 0.2) is 57.9 Å². The number of hydrogen-bond donors (Lipinski definition) is 0. The number of hydrogen-bond acceptors (Lipinski definition) is 5. The molecule has 1 N–H and O–H groups in total. The number of esters is 1. The van der Waals surface area contributed by atoms with Gasteiger partial charge in [0.2, 0.25) is 0 Å². The third-order valence-electron chi connectivity index (χ3n) is 4.28. The van der Waals surface area contributed by atoms with Crippen LogP contribution in [-0.2, 0) is 0 Å². The Balaban J connectivity index is 1.63. The predicted molar refractivity (Wildman–Crippen MR) is 91.9 cm³/mol. The fourth-order valence-electron chi connectivity index (χ4n) is 3.06. The highest BCUT2D eigenvalue weighted by Crippen LogP contribution is 2.23. The molecule has 0 amide bonds. The van der Waals surface area contributed by atoms with Crippen LogP contribution in [0.4, 0.5) is 5.82 Å². The average molecular weight is 337 g/mol. The molecule has 0 bridgehead atoms. The molecule has 3 aromatic rings. The van der Waals surface area contributed by atoms with Crippen molar-refractivity contribution in [1.82, 2.24) is 0 Å². The Morgan fingerprint density at radius 3 is 2.76 bits per heavy atom. The van der Waals surface area contributed by atoms with Gasteiger partial charge in [-0.05, 0) is 43.2 Å². The van der Waals surface area contributed by atoms with Crippen LogP contribution in [0.3, 0.4) is 0 Å². The normalized spacial score (nSPS) is 14.0. The molecule has 6 heteroatoms. The van der Waals surface area contributed by atoms with E-state index in [1.165, 1.54) is 6.07 Å². The van der Waals surface area contributed by atoms with Gasteiger partial charge >= 0.3 is 11.6 Å². The number of H-pyrrole nitrogens is 1. The summed E-state index contributed by atoms with van der Waals surface area (Å²) in [5.41, 5.74) is 0.432. The van der Waals surface area contributed by atoms with Crippen molar-refractivity contribution in [3.63, 3.8) is 0 Å². The molecule has 25 heavy (non-hydrogen) atoms. The smallest absolute Gasteiger partial charge is 0.351 e. The fraction of sp³-hybridized carbons (Fsp3) is 0.211. The number of aromatic amines is 1. The molecule has 0 unspecified atom stereocenters. The maximum Gasteiger partial charge on any atom is 0.351 e. The van der Waals surface area contributed by atoms with Crippen molar-refractivity contribution < 1.29 is 18.9 Å². The van der Waals surface area contributed by atoms with Gasteiger partial charge in [0, 0.05) is 17.5 Å². The van der Waals surface area contributed by atoms with Gasteiger partial charge in [-0.15, -0.1) is 0 Å². The first-order chi connectivity index (χ1) is 12.2. The van der Waals surface area contributed by atoms with Crippen LogP contribution in [0.25, 0.3) is 11.0 Å². The molecule has 6 nitrogen and oxygen atoms in total. The van der Waals surface area contributed by atoms with E-state index in [1.54, 1.807) is 42.6 Å². The molecule has 4 rings (SSSR count). The second-order valence-corrected chi connectivity index (χ2v) is 5.97. The van der Waals surface area contributed by atoms with Crippen LogP contribution >= 0.6 is 0 Å². The van der Waals surface area contributed by atoms with Gasteiger partial charge in [0.15, 0.2) is 0 Å². The summed E-state index contributed by atoms with van der Waals surface area (Å²) in [6, 6.07) is 11.5. The van der Waals surface area contributed by atoms with Gasteiger partial charge in [0.25, 0.3) is 5.82 Å². The quantitative estimate of drug-likeness (QED) is 0.417. The van der Waals surface area contributed by atoms with E-state index in [1.807, 2.05) is 0 Å². The molecule has 1 fully saturated rings. The number of fused-ring (bicyclic) bond motifs is 1. The minimum atomic E-state index is -0.448. The number of nitrogens with zero attached hydrogens (tertiary/aromatic N) is 1. The molecule has 0 atom stereocenters. The van der Waals surface area contributed by atoms with Crippen molar-refractivity contribution in [2.45, 2.75) is 12.8 Å². The van der Waals surface area contributed by atoms with Crippen molar-refractivity contribution in [1.29, 1.82) is 0 Å². The van der Waals surface area contributed by atoms with Crippen LogP contribution in [0, 0.1) is 0 Å². The first kappa shape index (κ1) is 15.4. The summed E-state index contributed by atoms with van der Waals surface area (Å²) in [5.74, 6) is 0.664. The van der Waals surface area contributed by atoms with E-state index in [9.17, 15) is 9.59 Å². The molecule has 1 aliphatic rings. The van der Waals surface area contributed by atoms with Crippen LogP contribution in [0.1, 0.15) is 23.2 Å². The molecule has 1 aliphatic heterocycles. The first-order valence-electron chi connectivity index (χ1n) is 8.22. The zero-order chi connectivity index (χ0) is 17.2. The number of rotatable bonds is 3. The number of nitrogens with one attached hydrogen (secondary N) is 1. The molecule has 1 aromatic carbocycles. The fourth-order valence-corrected chi connectivity index (χ4v) is 3.06. The molecule has 126 valence electrons. The predicted octanol–water partition coefficient (Wildman–Crippen LogP) is 2.43. The zero-order valence-corrected chi connectivity index (χ0v) is 13.5. The monoisotopic (exact) mass is 337 g/mol. The van der Waals surface area contributed by atoms with Crippen molar-refractivity contribution in [2.75, 3.05) is 18.0 Å². The van der Waals surface area contributed by atoms with E-state index in [4.69, 9.17) is 9.15 Å². The van der Waals surface area contributed by atoms with E-state index >= 15 is 0 Å². The van der Waals surface area contributed by atoms with Gasteiger partial charge in [-0.1, -0.05) is 0 Å². The number of aromatic nitrogens is 1. The molecule has 1 saturated heterocycles. The maximum absolute atomic E-state index is 12.6. The van der Waals surface area contributed by atoms with Crippen LogP contribution in [0.2, 0.25) is 0 Å². The topological polar surface area (TPSA) is 73.9 Å². The van der Waals surface area contributed by atoms with Crippen LogP contribution < -0.4 is 20.2 Å². The third-order valence-corrected chi connectivity index (χ3v) is 4.28. The van der Waals surface area contributed by atoms with Crippen molar-refractivity contribution in [2.24, 2.45) is 0 Å². The lowest BCUT2D eigenvalue weighted by atomic mass is 10.2. The highest BCUT2D eigenvalue weighted by molar-refractivity contribution is 5.95. The average Bonchev–Trinajstić information content (AvgIpc) is 3.16. The number of carbonyl (C=O) groups is 1. The molecular weight excluding hydrogens is 320 g/mol. The Morgan fingerprint density at radius 2 is 1.92 bits per heavy atom. The Labute approximate surface area is 143 Å². The second kappa shape index (κ2) is 6.39. The van der Waals surface area contributed by atoms with Crippen molar-refractivity contribution >= 4 is 22.8 Å². The Hall–Kier alpha value is -3.15. The van der Waals surface area contributed by atoms with Gasteiger partial charge in [0.05, 0.1) is 19.3 Å². The van der Waals surface area contributed by atoms with Gasteiger partial charge in [0.1, 0.15) is 16.9 Å². The van der Waals surface area contributed by atoms with Gasteiger partial charge in [-0.3, -0.25) is 4.90 Å². The number of benzene rings is 1. The van der Waals surface area contributed by atoms with E-state index < -0.39 is 11.6 Å². The molecular formula is C19H17N2O4+. The Morgan fingerprint density at radius 1 is 1.12 bits per heavy atom.